The van der Waals surface area contributed by atoms with Crippen molar-refractivity contribution >= 4 is 45.6 Å². The summed E-state index contributed by atoms with van der Waals surface area (Å²) < 4.78 is 12.8. The topological polar surface area (TPSA) is 73.5 Å². The van der Waals surface area contributed by atoms with Gasteiger partial charge in [0, 0.05) is 16.7 Å². The van der Waals surface area contributed by atoms with Gasteiger partial charge in [0.25, 0.3) is 5.56 Å². The molecule has 0 atom stereocenters. The summed E-state index contributed by atoms with van der Waals surface area (Å²) in [4.78, 5) is 17.4. The van der Waals surface area contributed by atoms with Crippen molar-refractivity contribution in [3.63, 3.8) is 0 Å². The van der Waals surface area contributed by atoms with Gasteiger partial charge in [-0.1, -0.05) is 34.5 Å². The molecule has 0 aliphatic heterocycles. The standard InChI is InChI=1S/C19H9Cl2N3O3S/c20-10-3-5-13(21)12(8-10)14-6-4-11(27-14)9-16-18(25)24-19(28-16)22-17(23-24)15-2-1-7-26-15/h1-9H/b16-9-. The van der Waals surface area contributed by atoms with Gasteiger partial charge in [0.2, 0.25) is 10.8 Å². The third kappa shape index (κ3) is 2.93. The van der Waals surface area contributed by atoms with Crippen molar-refractivity contribution in [3.05, 3.63) is 79.4 Å². The molecule has 0 N–H and O–H groups in total. The smallest absolute Gasteiger partial charge is 0.291 e. The summed E-state index contributed by atoms with van der Waals surface area (Å²) in [5, 5.41) is 5.30. The Bertz CT molecular complexity index is 1420. The SMILES string of the molecule is O=c1/c(=C/c2ccc(-c3cc(Cl)ccc3Cl)o2)sc2nc(-c3ccco3)nn12. The minimum atomic E-state index is -0.274. The van der Waals surface area contributed by atoms with Crippen LogP contribution >= 0.6 is 34.5 Å². The Morgan fingerprint density at radius 3 is 2.79 bits per heavy atom. The lowest BCUT2D eigenvalue weighted by atomic mass is 10.2. The number of rotatable bonds is 3. The van der Waals surface area contributed by atoms with E-state index in [4.69, 9.17) is 32.0 Å². The Morgan fingerprint density at radius 2 is 2.00 bits per heavy atom. The minimum absolute atomic E-state index is 0.274. The molecule has 4 aromatic heterocycles. The molecule has 0 unspecified atom stereocenters. The van der Waals surface area contributed by atoms with Crippen molar-refractivity contribution < 1.29 is 8.83 Å². The molecule has 0 amide bonds. The summed E-state index contributed by atoms with van der Waals surface area (Å²) >= 11 is 13.5. The fourth-order valence-corrected chi connectivity index (χ4v) is 4.01. The molecule has 5 aromatic rings. The molecule has 0 fully saturated rings. The van der Waals surface area contributed by atoms with Crippen LogP contribution in [0.3, 0.4) is 0 Å². The van der Waals surface area contributed by atoms with Crippen LogP contribution in [0.5, 0.6) is 0 Å². The second kappa shape index (κ2) is 6.63. The van der Waals surface area contributed by atoms with Crippen molar-refractivity contribution in [2.45, 2.75) is 0 Å². The van der Waals surface area contributed by atoms with E-state index < -0.39 is 0 Å². The Balaban J connectivity index is 1.55. The van der Waals surface area contributed by atoms with Crippen molar-refractivity contribution in [3.8, 4) is 22.9 Å². The van der Waals surface area contributed by atoms with Crippen molar-refractivity contribution in [2.24, 2.45) is 0 Å². The zero-order chi connectivity index (χ0) is 19.3. The summed E-state index contributed by atoms with van der Waals surface area (Å²) in [6.45, 7) is 0. The maximum atomic E-state index is 12.6. The van der Waals surface area contributed by atoms with Gasteiger partial charge in [-0.2, -0.15) is 9.50 Å². The summed E-state index contributed by atoms with van der Waals surface area (Å²) in [5.41, 5.74) is 0.408. The average molecular weight is 430 g/mol. The van der Waals surface area contributed by atoms with Crippen LogP contribution in [0.15, 0.2) is 62.4 Å². The van der Waals surface area contributed by atoms with E-state index in [2.05, 4.69) is 10.1 Å². The monoisotopic (exact) mass is 429 g/mol. The highest BCUT2D eigenvalue weighted by atomic mass is 35.5. The van der Waals surface area contributed by atoms with Gasteiger partial charge < -0.3 is 8.83 Å². The van der Waals surface area contributed by atoms with Crippen LogP contribution in [0.25, 0.3) is 33.9 Å². The summed E-state index contributed by atoms with van der Waals surface area (Å²) in [5.74, 6) is 1.95. The van der Waals surface area contributed by atoms with Gasteiger partial charge in [0.1, 0.15) is 16.1 Å². The molecule has 138 valence electrons. The van der Waals surface area contributed by atoms with E-state index >= 15 is 0 Å². The van der Waals surface area contributed by atoms with E-state index in [1.54, 1.807) is 48.5 Å². The molecular weight excluding hydrogens is 421 g/mol. The van der Waals surface area contributed by atoms with Gasteiger partial charge >= 0.3 is 0 Å². The van der Waals surface area contributed by atoms with Crippen LogP contribution < -0.4 is 10.1 Å². The molecule has 0 spiro atoms. The molecule has 0 aliphatic carbocycles. The van der Waals surface area contributed by atoms with Crippen LogP contribution in [0.1, 0.15) is 5.76 Å². The molecule has 1 aromatic carbocycles. The molecule has 6 nitrogen and oxygen atoms in total. The number of benzene rings is 1. The maximum Gasteiger partial charge on any atom is 0.291 e. The van der Waals surface area contributed by atoms with Gasteiger partial charge in [-0.05, 0) is 42.5 Å². The van der Waals surface area contributed by atoms with Crippen LogP contribution in [-0.4, -0.2) is 14.6 Å². The highest BCUT2D eigenvalue weighted by Gasteiger charge is 2.14. The Labute approximate surface area is 171 Å². The highest BCUT2D eigenvalue weighted by molar-refractivity contribution is 7.15. The Kier molecular flexibility index (Phi) is 4.08. The van der Waals surface area contributed by atoms with Crippen molar-refractivity contribution in [1.82, 2.24) is 14.6 Å². The van der Waals surface area contributed by atoms with Gasteiger partial charge in [-0.25, -0.2) is 0 Å². The predicted molar refractivity (Wildman–Crippen MR) is 108 cm³/mol. The lowest BCUT2D eigenvalue weighted by Gasteiger charge is -2.00. The molecule has 0 saturated heterocycles. The number of halogens is 2. The number of fused-ring (bicyclic) bond motifs is 1. The molecule has 0 saturated carbocycles. The maximum absolute atomic E-state index is 12.6. The fraction of sp³-hybridized carbons (Fsp3) is 0. The second-order valence-corrected chi connectivity index (χ2v) is 7.70. The molecule has 0 bridgehead atoms. The van der Waals surface area contributed by atoms with E-state index in [1.165, 1.54) is 22.1 Å². The van der Waals surface area contributed by atoms with Crippen molar-refractivity contribution in [1.29, 1.82) is 0 Å². The van der Waals surface area contributed by atoms with Gasteiger partial charge in [0.15, 0.2) is 5.76 Å². The first kappa shape index (κ1) is 17.2. The molecular formula is C19H9Cl2N3O3S. The first-order valence-electron chi connectivity index (χ1n) is 8.09. The van der Waals surface area contributed by atoms with Crippen LogP contribution in [-0.2, 0) is 0 Å². The van der Waals surface area contributed by atoms with Crippen LogP contribution in [0, 0.1) is 0 Å². The number of nitrogens with zero attached hydrogens (tertiary/aromatic N) is 3. The number of thiazole rings is 1. The lowest BCUT2D eigenvalue weighted by Crippen LogP contribution is -2.23. The average Bonchev–Trinajstić information content (AvgIpc) is 3.45. The normalized spacial score (nSPS) is 12.3. The van der Waals surface area contributed by atoms with Gasteiger partial charge in [-0.15, -0.1) is 5.10 Å². The highest BCUT2D eigenvalue weighted by Crippen LogP contribution is 2.31. The predicted octanol–water partition coefficient (Wildman–Crippen LogP) is 4.53. The van der Waals surface area contributed by atoms with Crippen molar-refractivity contribution in [2.75, 3.05) is 0 Å². The largest absolute Gasteiger partial charge is 0.461 e. The number of aromatic nitrogens is 3. The molecule has 0 radical (unpaired) electrons. The zero-order valence-corrected chi connectivity index (χ0v) is 16.3. The molecule has 5 rings (SSSR count). The molecule has 28 heavy (non-hydrogen) atoms. The third-order valence-electron chi connectivity index (χ3n) is 4.02. The summed E-state index contributed by atoms with van der Waals surface area (Å²) in [6.07, 6.45) is 3.18. The molecule has 4 heterocycles. The number of hydrogen-bond acceptors (Lipinski definition) is 6. The number of furan rings is 2. The van der Waals surface area contributed by atoms with Crippen LogP contribution in [0.2, 0.25) is 10.0 Å². The van der Waals surface area contributed by atoms with Gasteiger partial charge in [-0.3, -0.25) is 4.79 Å². The molecule has 0 aliphatic rings. The molecule has 9 heteroatoms. The first-order chi connectivity index (χ1) is 13.6. The van der Waals surface area contributed by atoms with E-state index in [0.717, 1.165) is 0 Å². The van der Waals surface area contributed by atoms with E-state index in [9.17, 15) is 4.79 Å². The zero-order valence-electron chi connectivity index (χ0n) is 13.9. The summed E-state index contributed by atoms with van der Waals surface area (Å²) in [7, 11) is 0. The Hall–Kier alpha value is -2.87. The first-order valence-corrected chi connectivity index (χ1v) is 9.66. The van der Waals surface area contributed by atoms with Crippen LogP contribution in [0.4, 0.5) is 0 Å². The second-order valence-electron chi connectivity index (χ2n) is 5.85. The Morgan fingerprint density at radius 1 is 1.11 bits per heavy atom. The van der Waals surface area contributed by atoms with E-state index in [0.29, 0.717) is 48.2 Å². The van der Waals surface area contributed by atoms with E-state index in [-0.39, 0.29) is 5.56 Å². The number of hydrogen-bond donors (Lipinski definition) is 0. The quantitative estimate of drug-likeness (QED) is 0.421. The van der Waals surface area contributed by atoms with Gasteiger partial charge in [0.05, 0.1) is 11.3 Å². The summed E-state index contributed by atoms with van der Waals surface area (Å²) in [6, 6.07) is 12.2. The van der Waals surface area contributed by atoms with E-state index in [1.807, 2.05) is 0 Å². The minimum Gasteiger partial charge on any atom is -0.461 e. The third-order valence-corrected chi connectivity index (χ3v) is 5.54. The lowest BCUT2D eigenvalue weighted by molar-refractivity contribution is 0.571. The fourth-order valence-electron chi connectivity index (χ4n) is 2.73.